The molecule has 0 spiro atoms. The van der Waals surface area contributed by atoms with Gasteiger partial charge in [-0.15, -0.1) is 0 Å². The summed E-state index contributed by atoms with van der Waals surface area (Å²) >= 11 is 2.28. The van der Waals surface area contributed by atoms with Crippen LogP contribution in [0.4, 0.5) is 0 Å². The lowest BCUT2D eigenvalue weighted by atomic mass is 9.98. The first-order chi connectivity index (χ1) is 8.83. The zero-order valence-corrected chi connectivity index (χ0v) is 12.1. The minimum Gasteiger partial charge on any atom is -0.334 e. The first-order valence-corrected chi connectivity index (χ1v) is 7.21. The molecule has 1 aliphatic heterocycles. The Bertz CT molecular complexity index is 535. The van der Waals surface area contributed by atoms with Crippen LogP contribution in [-0.2, 0) is 0 Å². The Balaban J connectivity index is 1.84. The van der Waals surface area contributed by atoms with Crippen molar-refractivity contribution in [2.45, 2.75) is 18.8 Å². The summed E-state index contributed by atoms with van der Waals surface area (Å²) in [6.45, 7) is 2.08. The van der Waals surface area contributed by atoms with E-state index < -0.39 is 0 Å². The van der Waals surface area contributed by atoms with Gasteiger partial charge in [0.2, 0.25) is 0 Å². The van der Waals surface area contributed by atoms with Crippen LogP contribution in [0.15, 0.2) is 28.8 Å². The van der Waals surface area contributed by atoms with E-state index >= 15 is 0 Å². The Kier molecular flexibility index (Phi) is 3.60. The second-order valence-electron chi connectivity index (χ2n) is 4.49. The Morgan fingerprint density at radius 3 is 2.89 bits per heavy atom. The molecule has 1 N–H and O–H groups in total. The molecule has 0 saturated carbocycles. The molecule has 0 aliphatic carbocycles. The SMILES string of the molecule is Ic1cccc(-c2nc(C3CCNCC3)no2)c1. The van der Waals surface area contributed by atoms with Gasteiger partial charge < -0.3 is 9.84 Å². The van der Waals surface area contributed by atoms with Gasteiger partial charge in [0, 0.05) is 15.1 Å². The molecule has 1 aromatic carbocycles. The molecule has 2 aromatic rings. The lowest BCUT2D eigenvalue weighted by Crippen LogP contribution is -2.27. The average Bonchev–Trinajstić information content (AvgIpc) is 2.89. The lowest BCUT2D eigenvalue weighted by Gasteiger charge is -2.18. The monoisotopic (exact) mass is 355 g/mol. The van der Waals surface area contributed by atoms with E-state index in [1.54, 1.807) is 0 Å². The second kappa shape index (κ2) is 5.36. The molecule has 0 atom stereocenters. The van der Waals surface area contributed by atoms with E-state index in [1.165, 1.54) is 3.57 Å². The van der Waals surface area contributed by atoms with Crippen molar-refractivity contribution in [3.05, 3.63) is 33.7 Å². The molecule has 94 valence electrons. The maximum atomic E-state index is 5.37. The molecule has 1 aliphatic rings. The summed E-state index contributed by atoms with van der Waals surface area (Å²) in [4.78, 5) is 4.54. The van der Waals surface area contributed by atoms with Crippen LogP contribution in [0.25, 0.3) is 11.5 Å². The lowest BCUT2D eigenvalue weighted by molar-refractivity contribution is 0.392. The summed E-state index contributed by atoms with van der Waals surface area (Å²) in [7, 11) is 0. The normalized spacial score (nSPS) is 16.9. The van der Waals surface area contributed by atoms with Crippen LogP contribution in [0.5, 0.6) is 0 Å². The van der Waals surface area contributed by atoms with Gasteiger partial charge in [-0.2, -0.15) is 4.98 Å². The fraction of sp³-hybridized carbons (Fsp3) is 0.385. The highest BCUT2D eigenvalue weighted by molar-refractivity contribution is 14.1. The minimum atomic E-state index is 0.437. The summed E-state index contributed by atoms with van der Waals surface area (Å²) in [5, 5.41) is 7.47. The fourth-order valence-electron chi connectivity index (χ4n) is 2.22. The summed E-state index contributed by atoms with van der Waals surface area (Å²) in [6, 6.07) is 8.11. The van der Waals surface area contributed by atoms with Crippen molar-refractivity contribution in [2.75, 3.05) is 13.1 Å². The van der Waals surface area contributed by atoms with Crippen molar-refractivity contribution in [3.8, 4) is 11.5 Å². The van der Waals surface area contributed by atoms with Crippen LogP contribution in [0, 0.1) is 3.57 Å². The molecule has 4 nitrogen and oxygen atoms in total. The number of halogens is 1. The van der Waals surface area contributed by atoms with Crippen molar-refractivity contribution in [1.29, 1.82) is 0 Å². The van der Waals surface area contributed by atoms with Gasteiger partial charge in [0.1, 0.15) is 0 Å². The molecular weight excluding hydrogens is 341 g/mol. The molecule has 1 fully saturated rings. The molecular formula is C13H14IN3O. The molecule has 3 rings (SSSR count). The van der Waals surface area contributed by atoms with Gasteiger partial charge in [-0.25, -0.2) is 0 Å². The Hall–Kier alpha value is -0.950. The number of nitrogens with zero attached hydrogens (tertiary/aromatic N) is 2. The first-order valence-electron chi connectivity index (χ1n) is 6.13. The van der Waals surface area contributed by atoms with Gasteiger partial charge in [-0.3, -0.25) is 0 Å². The van der Waals surface area contributed by atoms with Gasteiger partial charge in [0.05, 0.1) is 0 Å². The van der Waals surface area contributed by atoms with Crippen LogP contribution in [-0.4, -0.2) is 23.2 Å². The number of nitrogens with one attached hydrogen (secondary N) is 1. The quantitative estimate of drug-likeness (QED) is 0.842. The molecule has 0 amide bonds. The van der Waals surface area contributed by atoms with Gasteiger partial charge in [0.25, 0.3) is 5.89 Å². The molecule has 1 saturated heterocycles. The van der Waals surface area contributed by atoms with E-state index in [9.17, 15) is 0 Å². The maximum Gasteiger partial charge on any atom is 0.257 e. The van der Waals surface area contributed by atoms with E-state index in [0.717, 1.165) is 37.3 Å². The number of aromatic nitrogens is 2. The number of hydrogen-bond donors (Lipinski definition) is 1. The predicted molar refractivity (Wildman–Crippen MR) is 77.3 cm³/mol. The van der Waals surface area contributed by atoms with Crippen LogP contribution >= 0.6 is 22.6 Å². The summed E-state index contributed by atoms with van der Waals surface area (Å²) in [5.74, 6) is 1.92. The van der Waals surface area contributed by atoms with Crippen molar-refractivity contribution in [2.24, 2.45) is 0 Å². The highest BCUT2D eigenvalue weighted by Crippen LogP contribution is 2.26. The predicted octanol–water partition coefficient (Wildman–Crippen LogP) is 2.81. The minimum absolute atomic E-state index is 0.437. The Labute approximate surface area is 119 Å². The maximum absolute atomic E-state index is 5.37. The average molecular weight is 355 g/mol. The largest absolute Gasteiger partial charge is 0.334 e. The fourth-order valence-corrected chi connectivity index (χ4v) is 2.76. The first kappa shape index (κ1) is 12.1. The molecule has 2 heterocycles. The summed E-state index contributed by atoms with van der Waals surface area (Å²) in [5.41, 5.74) is 0.995. The number of benzene rings is 1. The van der Waals surface area contributed by atoms with E-state index in [4.69, 9.17) is 4.52 Å². The molecule has 18 heavy (non-hydrogen) atoms. The Morgan fingerprint density at radius 2 is 2.11 bits per heavy atom. The zero-order chi connectivity index (χ0) is 12.4. The number of rotatable bonds is 2. The standard InChI is InChI=1S/C13H14IN3O/c14-11-3-1-2-10(8-11)13-16-12(17-18-13)9-4-6-15-7-5-9/h1-3,8-9,15H,4-7H2. The van der Waals surface area contributed by atoms with E-state index in [1.807, 2.05) is 18.2 Å². The van der Waals surface area contributed by atoms with E-state index in [2.05, 4.69) is 44.1 Å². The van der Waals surface area contributed by atoms with Gasteiger partial charge in [-0.05, 0) is 66.7 Å². The smallest absolute Gasteiger partial charge is 0.257 e. The molecule has 0 unspecified atom stereocenters. The summed E-state index contributed by atoms with van der Waals surface area (Å²) in [6.07, 6.45) is 2.18. The van der Waals surface area contributed by atoms with Crippen LogP contribution in [0.3, 0.4) is 0 Å². The zero-order valence-electron chi connectivity index (χ0n) is 9.90. The van der Waals surface area contributed by atoms with E-state index in [-0.39, 0.29) is 0 Å². The van der Waals surface area contributed by atoms with Gasteiger partial charge in [-0.1, -0.05) is 11.2 Å². The molecule has 0 bridgehead atoms. The second-order valence-corrected chi connectivity index (χ2v) is 5.74. The molecule has 0 radical (unpaired) electrons. The van der Waals surface area contributed by atoms with Crippen LogP contribution < -0.4 is 5.32 Å². The highest BCUT2D eigenvalue weighted by Gasteiger charge is 2.21. The number of piperidine rings is 1. The third-order valence-electron chi connectivity index (χ3n) is 3.22. The van der Waals surface area contributed by atoms with Crippen molar-refractivity contribution in [1.82, 2.24) is 15.5 Å². The van der Waals surface area contributed by atoms with Crippen LogP contribution in [0.1, 0.15) is 24.6 Å². The van der Waals surface area contributed by atoms with Crippen molar-refractivity contribution >= 4 is 22.6 Å². The Morgan fingerprint density at radius 1 is 1.28 bits per heavy atom. The molecule has 1 aromatic heterocycles. The number of hydrogen-bond acceptors (Lipinski definition) is 4. The van der Waals surface area contributed by atoms with Gasteiger partial charge in [0.15, 0.2) is 5.82 Å². The van der Waals surface area contributed by atoms with Crippen LogP contribution in [0.2, 0.25) is 0 Å². The van der Waals surface area contributed by atoms with E-state index in [0.29, 0.717) is 11.8 Å². The van der Waals surface area contributed by atoms with Gasteiger partial charge >= 0.3 is 0 Å². The third-order valence-corrected chi connectivity index (χ3v) is 3.89. The van der Waals surface area contributed by atoms with Crippen molar-refractivity contribution < 1.29 is 4.52 Å². The summed E-state index contributed by atoms with van der Waals surface area (Å²) < 4.78 is 6.55. The molecule has 5 heteroatoms. The third kappa shape index (κ3) is 2.56. The highest BCUT2D eigenvalue weighted by atomic mass is 127. The van der Waals surface area contributed by atoms with Crippen molar-refractivity contribution in [3.63, 3.8) is 0 Å². The topological polar surface area (TPSA) is 51.0 Å².